The molecule has 0 atom stereocenters. The zero-order chi connectivity index (χ0) is 19.4. The fourth-order valence-electron chi connectivity index (χ4n) is 2.46. The van der Waals surface area contributed by atoms with Crippen LogP contribution in [0.1, 0.15) is 23.9 Å². The summed E-state index contributed by atoms with van der Waals surface area (Å²) in [6.45, 7) is 2.21. The minimum absolute atomic E-state index is 0.0646. The van der Waals surface area contributed by atoms with Crippen molar-refractivity contribution in [2.24, 2.45) is 4.99 Å². The van der Waals surface area contributed by atoms with Gasteiger partial charge in [-0.2, -0.15) is 4.99 Å². The molecule has 2 heterocycles. The van der Waals surface area contributed by atoms with Gasteiger partial charge in [0.1, 0.15) is 0 Å². The largest absolute Gasteiger partial charge is 0.466 e. The summed E-state index contributed by atoms with van der Waals surface area (Å²) in [6.07, 6.45) is 1.45. The van der Waals surface area contributed by atoms with Crippen molar-refractivity contribution in [3.05, 3.63) is 57.3 Å². The van der Waals surface area contributed by atoms with Crippen LogP contribution in [0, 0.1) is 10.1 Å². The van der Waals surface area contributed by atoms with E-state index in [1.165, 1.54) is 24.5 Å². The average Bonchev–Trinajstić information content (AvgIpc) is 3.27. The number of benzene rings is 1. The second kappa shape index (κ2) is 7.96. The van der Waals surface area contributed by atoms with Gasteiger partial charge >= 0.3 is 11.9 Å². The van der Waals surface area contributed by atoms with Gasteiger partial charge in [0, 0.05) is 18.7 Å². The number of furan rings is 1. The molecule has 27 heavy (non-hydrogen) atoms. The van der Waals surface area contributed by atoms with E-state index in [9.17, 15) is 19.7 Å². The van der Waals surface area contributed by atoms with Crippen LogP contribution in [0.15, 0.2) is 46.0 Å². The van der Waals surface area contributed by atoms with E-state index in [2.05, 4.69) is 4.99 Å². The molecule has 3 rings (SSSR count). The molecule has 0 saturated heterocycles. The molecule has 140 valence electrons. The van der Waals surface area contributed by atoms with Crippen LogP contribution in [0.2, 0.25) is 0 Å². The van der Waals surface area contributed by atoms with E-state index in [4.69, 9.17) is 9.15 Å². The molecule has 9 nitrogen and oxygen atoms in total. The monoisotopic (exact) mass is 389 g/mol. The highest BCUT2D eigenvalue weighted by atomic mass is 32.1. The topological polar surface area (TPSA) is 117 Å². The molecule has 0 aliphatic rings. The van der Waals surface area contributed by atoms with Crippen LogP contribution >= 0.6 is 11.3 Å². The number of carbonyl (C=O) groups is 2. The van der Waals surface area contributed by atoms with Gasteiger partial charge in [0.15, 0.2) is 10.6 Å². The summed E-state index contributed by atoms with van der Waals surface area (Å²) in [5.74, 6) is -0.879. The average molecular weight is 389 g/mol. The Balaban J connectivity index is 2.06. The zero-order valence-electron chi connectivity index (χ0n) is 14.3. The van der Waals surface area contributed by atoms with Crippen molar-refractivity contribution in [3.63, 3.8) is 0 Å². The first-order chi connectivity index (χ1) is 13.0. The molecule has 0 unspecified atom stereocenters. The lowest BCUT2D eigenvalue weighted by atomic mass is 10.3. The fraction of sp³-hybridized carbons (Fsp3) is 0.235. The number of esters is 1. The maximum atomic E-state index is 12.3. The molecule has 3 aromatic rings. The molecule has 1 amide bonds. The number of thiazole rings is 1. The van der Waals surface area contributed by atoms with E-state index in [1.807, 2.05) is 0 Å². The Hall–Kier alpha value is -3.27. The highest BCUT2D eigenvalue weighted by Gasteiger charge is 2.15. The zero-order valence-corrected chi connectivity index (χ0v) is 15.1. The van der Waals surface area contributed by atoms with Crippen molar-refractivity contribution in [1.82, 2.24) is 4.57 Å². The molecule has 0 spiro atoms. The predicted octanol–water partition coefficient (Wildman–Crippen LogP) is 2.90. The van der Waals surface area contributed by atoms with Gasteiger partial charge in [-0.05, 0) is 25.1 Å². The number of nitro benzene ring substituents is 1. The Morgan fingerprint density at radius 1 is 1.37 bits per heavy atom. The number of nitrogens with zero attached hydrogens (tertiary/aromatic N) is 3. The number of nitro groups is 1. The van der Waals surface area contributed by atoms with Gasteiger partial charge in [-0.25, -0.2) is 0 Å². The number of hydrogen-bond donors (Lipinski definition) is 0. The van der Waals surface area contributed by atoms with Gasteiger partial charge in [0.05, 0.1) is 34.4 Å². The second-order valence-corrected chi connectivity index (χ2v) is 6.40. The number of rotatable bonds is 6. The molecule has 0 aliphatic heterocycles. The minimum atomic E-state index is -0.578. The van der Waals surface area contributed by atoms with Gasteiger partial charge in [-0.1, -0.05) is 11.3 Å². The van der Waals surface area contributed by atoms with Crippen LogP contribution in [0.3, 0.4) is 0 Å². The normalized spacial score (nSPS) is 11.7. The smallest absolute Gasteiger partial charge is 0.315 e. The number of hydrogen-bond acceptors (Lipinski definition) is 7. The van der Waals surface area contributed by atoms with Crippen LogP contribution in [0.25, 0.3) is 10.2 Å². The predicted molar refractivity (Wildman–Crippen MR) is 96.3 cm³/mol. The molecule has 2 aromatic heterocycles. The Labute approximate surface area is 156 Å². The SMILES string of the molecule is CCOC(=O)CCn1c(=NC(=O)c2ccco2)sc2cc([N+](=O)[O-])ccc21. The van der Waals surface area contributed by atoms with Crippen LogP contribution in [0.4, 0.5) is 5.69 Å². The molecule has 1 aromatic carbocycles. The van der Waals surface area contributed by atoms with Crippen molar-refractivity contribution in [2.75, 3.05) is 6.61 Å². The summed E-state index contributed by atoms with van der Waals surface area (Å²) < 4.78 is 12.2. The lowest BCUT2D eigenvalue weighted by Crippen LogP contribution is -2.19. The molecule has 10 heteroatoms. The van der Waals surface area contributed by atoms with E-state index >= 15 is 0 Å². The standard InChI is InChI=1S/C17H15N3O6S/c1-2-25-15(21)7-8-19-12-6-5-11(20(23)24)10-14(12)27-17(19)18-16(22)13-4-3-9-26-13/h3-6,9-10H,2,7-8H2,1H3. The van der Waals surface area contributed by atoms with Gasteiger partial charge in [-0.15, -0.1) is 0 Å². The third kappa shape index (κ3) is 4.11. The molecule has 0 saturated carbocycles. The molecular weight excluding hydrogens is 374 g/mol. The molecule has 0 radical (unpaired) electrons. The summed E-state index contributed by atoms with van der Waals surface area (Å²) in [7, 11) is 0. The number of aromatic nitrogens is 1. The van der Waals surface area contributed by atoms with Crippen LogP contribution in [0.5, 0.6) is 0 Å². The summed E-state index contributed by atoms with van der Waals surface area (Å²) in [4.78, 5) is 38.9. The van der Waals surface area contributed by atoms with Crippen molar-refractivity contribution in [1.29, 1.82) is 0 Å². The van der Waals surface area contributed by atoms with Crippen molar-refractivity contribution in [3.8, 4) is 0 Å². The number of aryl methyl sites for hydroxylation is 1. The fourth-order valence-corrected chi connectivity index (χ4v) is 3.54. The summed E-state index contributed by atoms with van der Waals surface area (Å²) in [5, 5.41) is 11.0. The van der Waals surface area contributed by atoms with E-state index in [1.54, 1.807) is 23.6 Å². The molecule has 0 fully saturated rings. The van der Waals surface area contributed by atoms with Gasteiger partial charge in [-0.3, -0.25) is 19.7 Å². The van der Waals surface area contributed by atoms with E-state index in [0.717, 1.165) is 11.3 Å². The van der Waals surface area contributed by atoms with Gasteiger partial charge in [0.25, 0.3) is 5.69 Å². The van der Waals surface area contributed by atoms with E-state index < -0.39 is 10.8 Å². The maximum Gasteiger partial charge on any atom is 0.315 e. The number of fused-ring (bicyclic) bond motifs is 1. The lowest BCUT2D eigenvalue weighted by molar-refractivity contribution is -0.384. The maximum absolute atomic E-state index is 12.3. The third-order valence-electron chi connectivity index (χ3n) is 3.65. The summed E-state index contributed by atoms with van der Waals surface area (Å²) >= 11 is 1.12. The summed E-state index contributed by atoms with van der Waals surface area (Å²) in [5.41, 5.74) is 0.575. The Morgan fingerprint density at radius 3 is 2.85 bits per heavy atom. The Bertz CT molecular complexity index is 1060. The number of non-ortho nitro benzene ring substituents is 1. The lowest BCUT2D eigenvalue weighted by Gasteiger charge is -2.05. The first-order valence-corrected chi connectivity index (χ1v) is 8.87. The van der Waals surface area contributed by atoms with Crippen LogP contribution < -0.4 is 4.80 Å². The number of ether oxygens (including phenoxy) is 1. The minimum Gasteiger partial charge on any atom is -0.466 e. The van der Waals surface area contributed by atoms with Crippen molar-refractivity contribution in [2.45, 2.75) is 19.9 Å². The van der Waals surface area contributed by atoms with Gasteiger partial charge < -0.3 is 13.7 Å². The molecular formula is C17H15N3O6S. The first kappa shape index (κ1) is 18.5. The Kier molecular flexibility index (Phi) is 5.46. The quantitative estimate of drug-likeness (QED) is 0.363. The molecule has 0 aliphatic carbocycles. The number of carbonyl (C=O) groups excluding carboxylic acids is 2. The third-order valence-corrected chi connectivity index (χ3v) is 4.69. The van der Waals surface area contributed by atoms with Crippen molar-refractivity contribution >= 4 is 39.1 Å². The highest BCUT2D eigenvalue weighted by molar-refractivity contribution is 7.16. The number of amides is 1. The van der Waals surface area contributed by atoms with E-state index in [-0.39, 0.29) is 37.0 Å². The van der Waals surface area contributed by atoms with Crippen LogP contribution in [-0.2, 0) is 16.1 Å². The first-order valence-electron chi connectivity index (χ1n) is 8.05. The Morgan fingerprint density at radius 2 is 2.19 bits per heavy atom. The summed E-state index contributed by atoms with van der Waals surface area (Å²) in [6, 6.07) is 7.43. The van der Waals surface area contributed by atoms with Crippen molar-refractivity contribution < 1.29 is 23.7 Å². The molecule has 0 bridgehead atoms. The molecule has 0 N–H and O–H groups in total. The highest BCUT2D eigenvalue weighted by Crippen LogP contribution is 2.23. The van der Waals surface area contributed by atoms with E-state index in [0.29, 0.717) is 15.0 Å². The van der Waals surface area contributed by atoms with Gasteiger partial charge in [0.2, 0.25) is 0 Å². The second-order valence-electron chi connectivity index (χ2n) is 5.39. The van der Waals surface area contributed by atoms with Crippen LogP contribution in [-0.4, -0.2) is 28.0 Å².